The molecule has 5 heteroatoms. The number of nitrogens with one attached hydrogen (secondary N) is 1. The van der Waals surface area contributed by atoms with E-state index >= 15 is 0 Å². The van der Waals surface area contributed by atoms with Crippen LogP contribution < -0.4 is 11.1 Å². The highest BCUT2D eigenvalue weighted by Gasteiger charge is 2.27. The molecule has 0 unspecified atom stereocenters. The maximum atomic E-state index is 11.0. The van der Waals surface area contributed by atoms with Crippen molar-refractivity contribution in [3.8, 4) is 0 Å². The van der Waals surface area contributed by atoms with Gasteiger partial charge in [0.25, 0.3) is 0 Å². The van der Waals surface area contributed by atoms with Crippen LogP contribution in [0, 0.1) is 0 Å². The maximum absolute atomic E-state index is 11.0. The van der Waals surface area contributed by atoms with E-state index in [1.165, 1.54) is 12.8 Å². The third kappa shape index (κ3) is 3.61. The fourth-order valence-corrected chi connectivity index (χ4v) is 2.23. The predicted molar refractivity (Wildman–Crippen MR) is 76.6 cm³/mol. The van der Waals surface area contributed by atoms with Crippen molar-refractivity contribution in [2.45, 2.75) is 25.8 Å². The highest BCUT2D eigenvalue weighted by atomic mass is 16.4. The van der Waals surface area contributed by atoms with E-state index in [4.69, 9.17) is 10.8 Å². The zero-order valence-corrected chi connectivity index (χ0v) is 11.2. The van der Waals surface area contributed by atoms with E-state index < -0.39 is 5.97 Å². The molecule has 5 nitrogen and oxygen atoms in total. The van der Waals surface area contributed by atoms with E-state index in [1.807, 2.05) is 6.07 Å². The summed E-state index contributed by atoms with van der Waals surface area (Å²) in [5, 5.41) is 12.3. The van der Waals surface area contributed by atoms with Crippen molar-refractivity contribution >= 4 is 17.3 Å². The fourth-order valence-electron chi connectivity index (χ4n) is 2.23. The lowest BCUT2D eigenvalue weighted by molar-refractivity contribution is 0.0698. The van der Waals surface area contributed by atoms with Gasteiger partial charge in [0.2, 0.25) is 0 Å². The molecule has 1 aliphatic carbocycles. The number of hydrogen-bond donors (Lipinski definition) is 3. The minimum absolute atomic E-state index is 0.152. The summed E-state index contributed by atoms with van der Waals surface area (Å²) in [6.07, 6.45) is 2.61. The summed E-state index contributed by atoms with van der Waals surface area (Å²) in [5.74, 6) is -0.991. The molecule has 0 spiro atoms. The normalized spacial score (nSPS) is 14.6. The van der Waals surface area contributed by atoms with E-state index in [2.05, 4.69) is 17.1 Å². The van der Waals surface area contributed by atoms with Gasteiger partial charge in [0, 0.05) is 30.5 Å². The lowest BCUT2D eigenvalue weighted by atomic mass is 10.1. The molecule has 2 rings (SSSR count). The summed E-state index contributed by atoms with van der Waals surface area (Å²) in [5.41, 5.74) is 6.87. The number of rotatable bonds is 7. The first-order valence-electron chi connectivity index (χ1n) is 6.72. The molecular formula is C14H21N3O2. The smallest absolute Gasteiger partial charge is 0.337 e. The molecule has 1 aromatic carbocycles. The van der Waals surface area contributed by atoms with Gasteiger partial charge in [-0.1, -0.05) is 6.92 Å². The summed E-state index contributed by atoms with van der Waals surface area (Å²) in [6.45, 7) is 5.03. The Labute approximate surface area is 113 Å². The molecule has 0 aromatic heterocycles. The standard InChI is InChI=1S/C14H21N3O2/c1-2-17(11-4-5-11)8-7-16-10-3-6-13(15)12(9-10)14(18)19/h3,6,9,11,16H,2,4-5,7-8,15H2,1H3,(H,18,19). The van der Waals surface area contributed by atoms with E-state index in [-0.39, 0.29) is 5.56 Å². The van der Waals surface area contributed by atoms with Gasteiger partial charge in [-0.05, 0) is 37.6 Å². The molecule has 1 saturated carbocycles. The molecular weight excluding hydrogens is 242 g/mol. The Morgan fingerprint density at radius 1 is 1.53 bits per heavy atom. The molecule has 0 bridgehead atoms. The van der Waals surface area contributed by atoms with E-state index in [1.54, 1.807) is 12.1 Å². The Balaban J connectivity index is 1.88. The highest BCUT2D eigenvalue weighted by molar-refractivity contribution is 5.94. The molecule has 19 heavy (non-hydrogen) atoms. The van der Waals surface area contributed by atoms with E-state index in [9.17, 15) is 4.79 Å². The summed E-state index contributed by atoms with van der Waals surface area (Å²) in [6, 6.07) is 5.79. The molecule has 0 radical (unpaired) electrons. The molecule has 104 valence electrons. The third-order valence-electron chi connectivity index (χ3n) is 3.48. The van der Waals surface area contributed by atoms with Crippen LogP contribution in [-0.2, 0) is 0 Å². The number of carbonyl (C=O) groups is 1. The van der Waals surface area contributed by atoms with Crippen LogP contribution in [0.25, 0.3) is 0 Å². The SMILES string of the molecule is CCN(CCNc1ccc(N)c(C(=O)O)c1)C1CC1. The van der Waals surface area contributed by atoms with Crippen molar-refractivity contribution in [3.05, 3.63) is 23.8 Å². The minimum atomic E-state index is -0.991. The summed E-state index contributed by atoms with van der Waals surface area (Å²) in [7, 11) is 0. The van der Waals surface area contributed by atoms with Crippen LogP contribution in [0.2, 0.25) is 0 Å². The zero-order chi connectivity index (χ0) is 13.8. The molecule has 1 fully saturated rings. The molecule has 0 amide bonds. The number of aromatic carboxylic acids is 1. The number of likely N-dealkylation sites (N-methyl/N-ethyl adjacent to an activating group) is 1. The van der Waals surface area contributed by atoms with Crippen molar-refractivity contribution in [2.75, 3.05) is 30.7 Å². The van der Waals surface area contributed by atoms with Crippen molar-refractivity contribution in [1.29, 1.82) is 0 Å². The maximum Gasteiger partial charge on any atom is 0.337 e. The Morgan fingerprint density at radius 2 is 2.26 bits per heavy atom. The van der Waals surface area contributed by atoms with Crippen LogP contribution in [0.1, 0.15) is 30.1 Å². The number of anilines is 2. The zero-order valence-electron chi connectivity index (χ0n) is 11.2. The number of nitrogens with zero attached hydrogens (tertiary/aromatic N) is 1. The molecule has 1 aliphatic rings. The van der Waals surface area contributed by atoms with Crippen molar-refractivity contribution < 1.29 is 9.90 Å². The second-order valence-electron chi connectivity index (χ2n) is 4.89. The second kappa shape index (κ2) is 5.93. The van der Waals surface area contributed by atoms with Crippen LogP contribution in [0.5, 0.6) is 0 Å². The first kappa shape index (κ1) is 13.7. The van der Waals surface area contributed by atoms with Gasteiger partial charge >= 0.3 is 5.97 Å². The van der Waals surface area contributed by atoms with Gasteiger partial charge in [-0.25, -0.2) is 4.79 Å². The summed E-state index contributed by atoms with van der Waals surface area (Å²) < 4.78 is 0. The molecule has 0 aliphatic heterocycles. The van der Waals surface area contributed by atoms with Gasteiger partial charge in [-0.3, -0.25) is 4.90 Å². The fraction of sp³-hybridized carbons (Fsp3) is 0.500. The van der Waals surface area contributed by atoms with Crippen molar-refractivity contribution in [2.24, 2.45) is 0 Å². The quantitative estimate of drug-likeness (QED) is 0.654. The van der Waals surface area contributed by atoms with Crippen LogP contribution >= 0.6 is 0 Å². The number of benzene rings is 1. The molecule has 0 heterocycles. The Morgan fingerprint density at radius 3 is 2.84 bits per heavy atom. The van der Waals surface area contributed by atoms with Crippen LogP contribution in [-0.4, -0.2) is 41.7 Å². The van der Waals surface area contributed by atoms with Crippen molar-refractivity contribution in [1.82, 2.24) is 4.90 Å². The average molecular weight is 263 g/mol. The van der Waals surface area contributed by atoms with Crippen molar-refractivity contribution in [3.63, 3.8) is 0 Å². The van der Waals surface area contributed by atoms with Gasteiger partial charge in [0.15, 0.2) is 0 Å². The van der Waals surface area contributed by atoms with Crippen LogP contribution in [0.3, 0.4) is 0 Å². The van der Waals surface area contributed by atoms with E-state index in [0.717, 1.165) is 31.4 Å². The molecule has 0 saturated heterocycles. The average Bonchev–Trinajstić information content (AvgIpc) is 3.20. The van der Waals surface area contributed by atoms with Crippen LogP contribution in [0.15, 0.2) is 18.2 Å². The first-order chi connectivity index (χ1) is 9.11. The summed E-state index contributed by atoms with van der Waals surface area (Å²) in [4.78, 5) is 13.4. The predicted octanol–water partition coefficient (Wildman–Crippen LogP) is 1.86. The first-order valence-corrected chi connectivity index (χ1v) is 6.72. The lowest BCUT2D eigenvalue weighted by Crippen LogP contribution is -2.30. The second-order valence-corrected chi connectivity index (χ2v) is 4.89. The van der Waals surface area contributed by atoms with Crippen LogP contribution in [0.4, 0.5) is 11.4 Å². The van der Waals surface area contributed by atoms with Gasteiger partial charge in [-0.2, -0.15) is 0 Å². The number of carboxylic acids is 1. The lowest BCUT2D eigenvalue weighted by Gasteiger charge is -2.20. The molecule has 0 atom stereocenters. The van der Waals surface area contributed by atoms with Gasteiger partial charge < -0.3 is 16.2 Å². The molecule has 1 aromatic rings. The largest absolute Gasteiger partial charge is 0.478 e. The number of carboxylic acid groups (broad SMARTS) is 1. The van der Waals surface area contributed by atoms with Gasteiger partial charge in [0.1, 0.15) is 0 Å². The monoisotopic (exact) mass is 263 g/mol. The van der Waals surface area contributed by atoms with Gasteiger partial charge in [0.05, 0.1) is 5.56 Å². The minimum Gasteiger partial charge on any atom is -0.478 e. The van der Waals surface area contributed by atoms with Gasteiger partial charge in [-0.15, -0.1) is 0 Å². The Kier molecular flexibility index (Phi) is 4.27. The summed E-state index contributed by atoms with van der Waals surface area (Å²) >= 11 is 0. The van der Waals surface area contributed by atoms with E-state index in [0.29, 0.717) is 5.69 Å². The number of nitrogen functional groups attached to an aromatic ring is 1. The number of hydrogen-bond acceptors (Lipinski definition) is 4. The highest BCUT2D eigenvalue weighted by Crippen LogP contribution is 2.26. The molecule has 4 N–H and O–H groups in total. The topological polar surface area (TPSA) is 78.6 Å². The third-order valence-corrected chi connectivity index (χ3v) is 3.48. The Bertz CT molecular complexity index is 458. The Hall–Kier alpha value is -1.75. The number of nitrogens with two attached hydrogens (primary N) is 1.